The zero-order valence-corrected chi connectivity index (χ0v) is 12.1. The number of ether oxygens (including phenoxy) is 1. The van der Waals surface area contributed by atoms with Gasteiger partial charge in [0.05, 0.1) is 12.7 Å². The van der Waals surface area contributed by atoms with Gasteiger partial charge in [0.2, 0.25) is 0 Å². The lowest BCUT2D eigenvalue weighted by Gasteiger charge is -2.17. The minimum absolute atomic E-state index is 0.207. The predicted octanol–water partition coefficient (Wildman–Crippen LogP) is 3.45. The van der Waals surface area contributed by atoms with Crippen molar-refractivity contribution in [1.29, 1.82) is 0 Å². The summed E-state index contributed by atoms with van der Waals surface area (Å²) in [5.74, 6) is -0.207. The highest BCUT2D eigenvalue weighted by Gasteiger charge is 2.04. The molecule has 0 radical (unpaired) electrons. The Bertz CT molecular complexity index is 337. The Labute approximate surface area is 111 Å². The van der Waals surface area contributed by atoms with Gasteiger partial charge in [-0.05, 0) is 44.7 Å². The van der Waals surface area contributed by atoms with Gasteiger partial charge in [0, 0.05) is 17.6 Å². The lowest BCUT2D eigenvalue weighted by Crippen LogP contribution is -2.24. The molecule has 0 atom stereocenters. The minimum Gasteiger partial charge on any atom is -0.377 e. The van der Waals surface area contributed by atoms with Crippen LogP contribution in [0.5, 0.6) is 0 Å². The topological polar surface area (TPSA) is 12.5 Å². The van der Waals surface area contributed by atoms with Crippen LogP contribution in [0, 0.1) is 5.82 Å². The van der Waals surface area contributed by atoms with Gasteiger partial charge in [-0.3, -0.25) is 4.90 Å². The van der Waals surface area contributed by atoms with Crippen molar-refractivity contribution in [3.05, 3.63) is 34.1 Å². The van der Waals surface area contributed by atoms with E-state index in [1.54, 1.807) is 6.07 Å². The molecule has 0 aliphatic heterocycles. The van der Waals surface area contributed by atoms with Crippen LogP contribution in [-0.4, -0.2) is 31.2 Å². The molecule has 0 aliphatic carbocycles. The van der Waals surface area contributed by atoms with E-state index < -0.39 is 0 Å². The van der Waals surface area contributed by atoms with E-state index in [0.717, 1.165) is 23.1 Å². The van der Waals surface area contributed by atoms with Crippen molar-refractivity contribution in [2.45, 2.75) is 26.5 Å². The molecular weight excluding hydrogens is 285 g/mol. The molecule has 17 heavy (non-hydrogen) atoms. The van der Waals surface area contributed by atoms with Crippen molar-refractivity contribution in [2.75, 3.05) is 20.2 Å². The maximum absolute atomic E-state index is 13.2. The fourth-order valence-electron chi connectivity index (χ4n) is 1.54. The molecule has 0 fully saturated rings. The van der Waals surface area contributed by atoms with Crippen LogP contribution in [0.15, 0.2) is 22.7 Å². The van der Waals surface area contributed by atoms with Crippen LogP contribution in [0.4, 0.5) is 4.39 Å². The van der Waals surface area contributed by atoms with Gasteiger partial charge in [0.1, 0.15) is 5.82 Å². The Morgan fingerprint density at radius 1 is 1.35 bits per heavy atom. The highest BCUT2D eigenvalue weighted by Crippen LogP contribution is 2.15. The maximum atomic E-state index is 13.2. The van der Waals surface area contributed by atoms with Crippen LogP contribution in [-0.2, 0) is 11.3 Å². The predicted molar refractivity (Wildman–Crippen MR) is 71.5 cm³/mol. The van der Waals surface area contributed by atoms with E-state index in [-0.39, 0.29) is 11.9 Å². The van der Waals surface area contributed by atoms with Gasteiger partial charge in [-0.15, -0.1) is 0 Å². The Kier molecular flexibility index (Phi) is 6.09. The average molecular weight is 304 g/mol. The molecule has 0 N–H and O–H groups in total. The van der Waals surface area contributed by atoms with E-state index in [9.17, 15) is 4.39 Å². The average Bonchev–Trinajstić information content (AvgIpc) is 2.14. The number of hydrogen-bond donors (Lipinski definition) is 0. The third-order valence-corrected chi connectivity index (χ3v) is 2.76. The van der Waals surface area contributed by atoms with E-state index in [1.165, 1.54) is 6.07 Å². The quantitative estimate of drug-likeness (QED) is 0.798. The van der Waals surface area contributed by atoms with Gasteiger partial charge in [0.15, 0.2) is 0 Å². The van der Waals surface area contributed by atoms with Gasteiger partial charge >= 0.3 is 0 Å². The minimum atomic E-state index is -0.207. The van der Waals surface area contributed by atoms with Gasteiger partial charge in [-0.1, -0.05) is 15.9 Å². The summed E-state index contributed by atoms with van der Waals surface area (Å²) < 4.78 is 19.4. The Hall–Kier alpha value is -0.450. The molecule has 1 rings (SSSR count). The number of nitrogens with zero attached hydrogens (tertiary/aromatic N) is 1. The van der Waals surface area contributed by atoms with Crippen LogP contribution in [0.2, 0.25) is 0 Å². The van der Waals surface area contributed by atoms with Crippen LogP contribution in [0.3, 0.4) is 0 Å². The molecule has 1 aromatic rings. The molecule has 2 nitrogen and oxygen atoms in total. The van der Waals surface area contributed by atoms with Crippen LogP contribution >= 0.6 is 15.9 Å². The molecule has 0 unspecified atom stereocenters. The van der Waals surface area contributed by atoms with Crippen molar-refractivity contribution < 1.29 is 9.13 Å². The monoisotopic (exact) mass is 303 g/mol. The molecule has 0 heterocycles. The molecule has 0 aromatic heterocycles. The SMILES string of the molecule is CC(C)OCCN(C)Cc1cc(F)cc(Br)c1. The first-order chi connectivity index (χ1) is 7.97. The Morgan fingerprint density at radius 3 is 2.65 bits per heavy atom. The van der Waals surface area contributed by atoms with Gasteiger partial charge in [-0.25, -0.2) is 4.39 Å². The molecule has 0 bridgehead atoms. The van der Waals surface area contributed by atoms with Crippen molar-refractivity contribution >= 4 is 15.9 Å². The summed E-state index contributed by atoms with van der Waals surface area (Å²) in [6.45, 7) is 6.29. The molecule has 0 saturated carbocycles. The molecule has 96 valence electrons. The summed E-state index contributed by atoms with van der Waals surface area (Å²) in [4.78, 5) is 2.11. The lowest BCUT2D eigenvalue weighted by molar-refractivity contribution is 0.0627. The van der Waals surface area contributed by atoms with E-state index in [4.69, 9.17) is 4.74 Å². The Balaban J connectivity index is 2.42. The zero-order valence-electron chi connectivity index (χ0n) is 10.5. The van der Waals surface area contributed by atoms with Crippen molar-refractivity contribution in [1.82, 2.24) is 4.90 Å². The summed E-state index contributed by atoms with van der Waals surface area (Å²) in [5, 5.41) is 0. The van der Waals surface area contributed by atoms with E-state index in [1.807, 2.05) is 27.0 Å². The van der Waals surface area contributed by atoms with Gasteiger partial charge < -0.3 is 4.74 Å². The summed E-state index contributed by atoms with van der Waals surface area (Å²) in [6.07, 6.45) is 0.256. The highest BCUT2D eigenvalue weighted by molar-refractivity contribution is 9.10. The Morgan fingerprint density at radius 2 is 2.06 bits per heavy atom. The number of rotatable bonds is 6. The fraction of sp³-hybridized carbons (Fsp3) is 0.538. The number of halogens is 2. The highest BCUT2D eigenvalue weighted by atomic mass is 79.9. The van der Waals surface area contributed by atoms with Crippen molar-refractivity contribution in [3.8, 4) is 0 Å². The van der Waals surface area contributed by atoms with Crippen LogP contribution in [0.1, 0.15) is 19.4 Å². The summed E-state index contributed by atoms with van der Waals surface area (Å²) in [5.41, 5.74) is 0.962. The van der Waals surface area contributed by atoms with Crippen LogP contribution in [0.25, 0.3) is 0 Å². The molecule has 0 aliphatic rings. The first-order valence-electron chi connectivity index (χ1n) is 5.72. The standard InChI is InChI=1S/C13H19BrFNO/c1-10(2)17-5-4-16(3)9-11-6-12(14)8-13(15)7-11/h6-8,10H,4-5,9H2,1-3H3. The summed E-state index contributed by atoms with van der Waals surface area (Å²) in [7, 11) is 2.00. The second-order valence-corrected chi connectivity index (χ2v) is 5.35. The van der Waals surface area contributed by atoms with E-state index >= 15 is 0 Å². The van der Waals surface area contributed by atoms with Gasteiger partial charge in [-0.2, -0.15) is 0 Å². The second kappa shape index (κ2) is 7.09. The third-order valence-electron chi connectivity index (χ3n) is 2.30. The van der Waals surface area contributed by atoms with Crippen molar-refractivity contribution in [3.63, 3.8) is 0 Å². The maximum Gasteiger partial charge on any atom is 0.124 e. The number of benzene rings is 1. The first kappa shape index (κ1) is 14.6. The number of hydrogen-bond acceptors (Lipinski definition) is 2. The molecule has 4 heteroatoms. The molecule has 0 amide bonds. The van der Waals surface area contributed by atoms with Gasteiger partial charge in [0.25, 0.3) is 0 Å². The third kappa shape index (κ3) is 6.15. The second-order valence-electron chi connectivity index (χ2n) is 4.44. The lowest BCUT2D eigenvalue weighted by atomic mass is 10.2. The first-order valence-corrected chi connectivity index (χ1v) is 6.52. The normalized spacial score (nSPS) is 11.5. The smallest absolute Gasteiger partial charge is 0.124 e. The largest absolute Gasteiger partial charge is 0.377 e. The molecular formula is C13H19BrFNO. The summed E-state index contributed by atoms with van der Waals surface area (Å²) in [6, 6.07) is 4.96. The molecule has 0 spiro atoms. The van der Waals surface area contributed by atoms with Crippen molar-refractivity contribution in [2.24, 2.45) is 0 Å². The fourth-order valence-corrected chi connectivity index (χ4v) is 2.05. The zero-order chi connectivity index (χ0) is 12.8. The summed E-state index contributed by atoms with van der Waals surface area (Å²) >= 11 is 3.29. The molecule has 0 saturated heterocycles. The molecule has 1 aromatic carbocycles. The van der Waals surface area contributed by atoms with E-state index in [2.05, 4.69) is 20.8 Å². The van der Waals surface area contributed by atoms with E-state index in [0.29, 0.717) is 6.61 Å². The number of likely N-dealkylation sites (N-methyl/N-ethyl adjacent to an activating group) is 1. The van der Waals surface area contributed by atoms with Crippen LogP contribution < -0.4 is 0 Å².